The zero-order valence-corrected chi connectivity index (χ0v) is 15.9. The van der Waals surface area contributed by atoms with Crippen molar-refractivity contribution in [2.45, 2.75) is 65.1 Å². The molecule has 2 heterocycles. The lowest BCUT2D eigenvalue weighted by atomic mass is 9.85. The molecular formula is C19H28N4O3. The zero-order chi connectivity index (χ0) is 18.8. The van der Waals surface area contributed by atoms with E-state index in [1.54, 1.807) is 4.90 Å². The van der Waals surface area contributed by atoms with Gasteiger partial charge < -0.3 is 9.80 Å². The fraction of sp³-hybridized carbons (Fsp3) is 0.684. The van der Waals surface area contributed by atoms with E-state index >= 15 is 0 Å². The highest BCUT2D eigenvalue weighted by Crippen LogP contribution is 2.27. The number of likely N-dealkylation sites (N-methyl/N-ethyl adjacent to an activating group) is 1. The van der Waals surface area contributed by atoms with Crippen molar-refractivity contribution < 1.29 is 9.59 Å². The van der Waals surface area contributed by atoms with Crippen LogP contribution in [0.3, 0.4) is 0 Å². The van der Waals surface area contributed by atoms with Crippen LogP contribution in [0, 0.1) is 5.92 Å². The quantitative estimate of drug-likeness (QED) is 0.811. The van der Waals surface area contributed by atoms with Gasteiger partial charge in [-0.3, -0.25) is 19.0 Å². The maximum atomic E-state index is 12.7. The van der Waals surface area contributed by atoms with Gasteiger partial charge in [-0.1, -0.05) is 19.8 Å². The van der Waals surface area contributed by atoms with Crippen LogP contribution >= 0.6 is 0 Å². The van der Waals surface area contributed by atoms with Gasteiger partial charge in [0.1, 0.15) is 6.54 Å². The normalized spacial score (nSPS) is 22.7. The number of hydrogen-bond acceptors (Lipinski definition) is 4. The van der Waals surface area contributed by atoms with Gasteiger partial charge in [0.05, 0.1) is 18.6 Å². The van der Waals surface area contributed by atoms with Gasteiger partial charge in [-0.2, -0.15) is 0 Å². The molecule has 1 aliphatic heterocycles. The van der Waals surface area contributed by atoms with E-state index in [4.69, 9.17) is 0 Å². The molecule has 0 N–H and O–H groups in total. The third-order valence-electron chi connectivity index (χ3n) is 5.90. The van der Waals surface area contributed by atoms with Gasteiger partial charge in [0.2, 0.25) is 11.8 Å². The number of amides is 2. The SMILES string of the molecule is CC(=O)N1CCc2c(ncn(CC(=O)N(C)[C@H]3CCCC[C@H]3C)c2=O)C1. The number of carbonyl (C=O) groups is 2. The molecule has 1 aliphatic carbocycles. The van der Waals surface area contributed by atoms with Crippen LogP contribution in [0.5, 0.6) is 0 Å². The fourth-order valence-electron chi connectivity index (χ4n) is 4.16. The number of hydrogen-bond donors (Lipinski definition) is 0. The van der Waals surface area contributed by atoms with Gasteiger partial charge in [-0.25, -0.2) is 4.98 Å². The number of fused-ring (bicyclic) bond motifs is 1. The summed E-state index contributed by atoms with van der Waals surface area (Å²) >= 11 is 0. The topological polar surface area (TPSA) is 75.5 Å². The Hall–Kier alpha value is -2.18. The molecule has 7 nitrogen and oxygen atoms in total. The fourth-order valence-corrected chi connectivity index (χ4v) is 4.16. The minimum absolute atomic E-state index is 0.0139. The highest BCUT2D eigenvalue weighted by atomic mass is 16.2. The predicted octanol–water partition coefficient (Wildman–Crippen LogP) is 1.19. The summed E-state index contributed by atoms with van der Waals surface area (Å²) in [4.78, 5) is 44.8. The Morgan fingerprint density at radius 2 is 2.04 bits per heavy atom. The van der Waals surface area contributed by atoms with Gasteiger partial charge in [0.25, 0.3) is 5.56 Å². The van der Waals surface area contributed by atoms with Crippen LogP contribution in [0.1, 0.15) is 50.8 Å². The molecule has 1 aromatic heterocycles. The smallest absolute Gasteiger partial charge is 0.257 e. The molecule has 0 radical (unpaired) electrons. The number of carbonyl (C=O) groups excluding carboxylic acids is 2. The second-order valence-electron chi connectivity index (χ2n) is 7.63. The first-order chi connectivity index (χ1) is 12.4. The van der Waals surface area contributed by atoms with Crippen molar-refractivity contribution in [3.63, 3.8) is 0 Å². The lowest BCUT2D eigenvalue weighted by Gasteiger charge is -2.36. The average Bonchev–Trinajstić information content (AvgIpc) is 2.63. The molecule has 2 aliphatic rings. The summed E-state index contributed by atoms with van der Waals surface area (Å²) in [5, 5.41) is 0. The molecule has 2 atom stereocenters. The highest BCUT2D eigenvalue weighted by molar-refractivity contribution is 5.76. The van der Waals surface area contributed by atoms with Crippen molar-refractivity contribution >= 4 is 11.8 Å². The third kappa shape index (κ3) is 3.66. The second kappa shape index (κ2) is 7.60. The first-order valence-electron chi connectivity index (χ1n) is 9.47. The zero-order valence-electron chi connectivity index (χ0n) is 15.9. The third-order valence-corrected chi connectivity index (χ3v) is 5.90. The molecule has 0 aromatic carbocycles. The average molecular weight is 360 g/mol. The highest BCUT2D eigenvalue weighted by Gasteiger charge is 2.28. The Morgan fingerprint density at radius 3 is 2.73 bits per heavy atom. The maximum absolute atomic E-state index is 12.7. The van der Waals surface area contributed by atoms with Crippen molar-refractivity contribution in [1.29, 1.82) is 0 Å². The minimum Gasteiger partial charge on any atom is -0.341 e. The van der Waals surface area contributed by atoms with E-state index in [-0.39, 0.29) is 30.0 Å². The first-order valence-corrected chi connectivity index (χ1v) is 9.47. The first kappa shape index (κ1) is 18.6. The van der Waals surface area contributed by atoms with Crippen LogP contribution in [0.2, 0.25) is 0 Å². The second-order valence-corrected chi connectivity index (χ2v) is 7.63. The molecule has 26 heavy (non-hydrogen) atoms. The summed E-state index contributed by atoms with van der Waals surface area (Å²) in [5.74, 6) is 0.433. The molecule has 1 saturated carbocycles. The molecule has 1 aromatic rings. The van der Waals surface area contributed by atoms with E-state index in [0.29, 0.717) is 36.7 Å². The molecule has 7 heteroatoms. The van der Waals surface area contributed by atoms with Crippen LogP contribution in [0.25, 0.3) is 0 Å². The minimum atomic E-state index is -0.156. The molecule has 3 rings (SSSR count). The van der Waals surface area contributed by atoms with Gasteiger partial charge in [-0.05, 0) is 25.2 Å². The Morgan fingerprint density at radius 1 is 1.31 bits per heavy atom. The van der Waals surface area contributed by atoms with Gasteiger partial charge in [0, 0.05) is 32.1 Å². The summed E-state index contributed by atoms with van der Waals surface area (Å²) in [6, 6.07) is 0.252. The van der Waals surface area contributed by atoms with E-state index in [1.165, 1.54) is 24.2 Å². The Kier molecular flexibility index (Phi) is 5.44. The Balaban J connectivity index is 1.73. The summed E-state index contributed by atoms with van der Waals surface area (Å²) in [6.07, 6.45) is 6.49. The van der Waals surface area contributed by atoms with Gasteiger partial charge in [-0.15, -0.1) is 0 Å². The molecular weight excluding hydrogens is 332 g/mol. The molecule has 0 saturated heterocycles. The lowest BCUT2D eigenvalue weighted by Crippen LogP contribution is -2.45. The number of rotatable bonds is 3. The monoisotopic (exact) mass is 360 g/mol. The Labute approximate surface area is 154 Å². The molecule has 0 spiro atoms. The molecule has 0 unspecified atom stereocenters. The predicted molar refractivity (Wildman–Crippen MR) is 97.5 cm³/mol. The Bertz CT molecular complexity index is 758. The molecule has 1 fully saturated rings. The van der Waals surface area contributed by atoms with Crippen LogP contribution < -0.4 is 5.56 Å². The van der Waals surface area contributed by atoms with E-state index in [9.17, 15) is 14.4 Å². The van der Waals surface area contributed by atoms with Crippen molar-refractivity contribution in [3.8, 4) is 0 Å². The van der Waals surface area contributed by atoms with E-state index in [1.807, 2.05) is 11.9 Å². The van der Waals surface area contributed by atoms with Gasteiger partial charge >= 0.3 is 0 Å². The lowest BCUT2D eigenvalue weighted by molar-refractivity contribution is -0.134. The van der Waals surface area contributed by atoms with Gasteiger partial charge in [0.15, 0.2) is 0 Å². The van der Waals surface area contributed by atoms with Crippen LogP contribution in [0.15, 0.2) is 11.1 Å². The van der Waals surface area contributed by atoms with Crippen molar-refractivity contribution in [2.75, 3.05) is 13.6 Å². The van der Waals surface area contributed by atoms with Crippen LogP contribution in [0.4, 0.5) is 0 Å². The van der Waals surface area contributed by atoms with E-state index in [2.05, 4.69) is 11.9 Å². The van der Waals surface area contributed by atoms with Crippen molar-refractivity contribution in [3.05, 3.63) is 27.9 Å². The van der Waals surface area contributed by atoms with Crippen molar-refractivity contribution in [1.82, 2.24) is 19.4 Å². The number of nitrogens with zero attached hydrogens (tertiary/aromatic N) is 4. The van der Waals surface area contributed by atoms with Crippen LogP contribution in [-0.4, -0.2) is 50.8 Å². The standard InChI is InChI=1S/C19H28N4O3/c1-13-6-4-5-7-17(13)21(3)18(25)11-23-12-20-16-10-22(14(2)24)9-8-15(16)19(23)26/h12-13,17H,4-11H2,1-3H3/t13-,17+/m1/s1. The summed E-state index contributed by atoms with van der Waals surface area (Å²) < 4.78 is 1.41. The van der Waals surface area contributed by atoms with Crippen LogP contribution in [-0.2, 0) is 29.1 Å². The maximum Gasteiger partial charge on any atom is 0.257 e. The summed E-state index contributed by atoms with van der Waals surface area (Å²) in [6.45, 7) is 4.63. The molecule has 0 bridgehead atoms. The molecule has 2 amide bonds. The van der Waals surface area contributed by atoms with E-state index in [0.717, 1.165) is 19.3 Å². The number of aromatic nitrogens is 2. The molecule has 142 valence electrons. The largest absolute Gasteiger partial charge is 0.341 e. The van der Waals surface area contributed by atoms with Crippen molar-refractivity contribution in [2.24, 2.45) is 5.92 Å². The van der Waals surface area contributed by atoms with E-state index < -0.39 is 0 Å². The summed E-state index contributed by atoms with van der Waals surface area (Å²) in [5.41, 5.74) is 1.12. The summed E-state index contributed by atoms with van der Waals surface area (Å²) in [7, 11) is 1.84.